The molecule has 4 rings (SSSR count). The van der Waals surface area contributed by atoms with E-state index in [9.17, 15) is 13.2 Å². The quantitative estimate of drug-likeness (QED) is 0.513. The Hall–Kier alpha value is -2.56. The molecule has 2 aromatic carbocycles. The summed E-state index contributed by atoms with van der Waals surface area (Å²) in [5.41, 5.74) is 2.11. The van der Waals surface area contributed by atoms with E-state index < -0.39 is 10.0 Å². The van der Waals surface area contributed by atoms with Gasteiger partial charge in [-0.15, -0.1) is 11.3 Å². The van der Waals surface area contributed by atoms with E-state index in [0.29, 0.717) is 11.3 Å². The number of carbonyl (C=O) groups is 1. The van der Waals surface area contributed by atoms with Crippen molar-refractivity contribution in [2.45, 2.75) is 18.0 Å². The van der Waals surface area contributed by atoms with E-state index in [1.807, 2.05) is 35.7 Å². The average Bonchev–Trinajstić information content (AvgIpc) is 3.34. The Labute approximate surface area is 199 Å². The summed E-state index contributed by atoms with van der Waals surface area (Å²) in [5, 5.41) is 4.79. The summed E-state index contributed by atoms with van der Waals surface area (Å²) in [7, 11) is -1.59. The summed E-state index contributed by atoms with van der Waals surface area (Å²) in [6, 6.07) is 17.6. The lowest BCUT2D eigenvalue weighted by molar-refractivity contribution is 0.102. The highest BCUT2D eigenvalue weighted by Gasteiger charge is 2.17. The van der Waals surface area contributed by atoms with Crippen LogP contribution in [0.25, 0.3) is 0 Å². The van der Waals surface area contributed by atoms with Crippen LogP contribution in [-0.2, 0) is 23.1 Å². The Kier molecular flexibility index (Phi) is 7.56. The summed E-state index contributed by atoms with van der Waals surface area (Å²) in [6.45, 7) is 5.21. The fourth-order valence-corrected chi connectivity index (χ4v) is 5.47. The van der Waals surface area contributed by atoms with Crippen LogP contribution in [0, 0.1) is 0 Å². The summed E-state index contributed by atoms with van der Waals surface area (Å²) in [4.78, 5) is 18.5. The number of rotatable bonds is 8. The predicted molar refractivity (Wildman–Crippen MR) is 132 cm³/mol. The first-order valence-corrected chi connectivity index (χ1v) is 13.2. The first kappa shape index (κ1) is 23.6. The molecule has 0 bridgehead atoms. The van der Waals surface area contributed by atoms with Gasteiger partial charge in [-0.3, -0.25) is 9.69 Å². The van der Waals surface area contributed by atoms with E-state index in [1.165, 1.54) is 23.5 Å². The molecule has 1 aromatic heterocycles. The van der Waals surface area contributed by atoms with Crippen LogP contribution in [-0.4, -0.2) is 57.4 Å². The number of hydrogen-bond acceptors (Lipinski definition) is 6. The lowest BCUT2D eigenvalue weighted by Crippen LogP contribution is -2.43. The molecule has 1 aliphatic heterocycles. The van der Waals surface area contributed by atoms with Crippen LogP contribution in [0.2, 0.25) is 0 Å². The van der Waals surface area contributed by atoms with Crippen molar-refractivity contribution in [3.63, 3.8) is 0 Å². The van der Waals surface area contributed by atoms with Gasteiger partial charge in [-0.2, -0.15) is 0 Å². The third kappa shape index (κ3) is 6.49. The number of amides is 1. The van der Waals surface area contributed by atoms with Gasteiger partial charge in [0, 0.05) is 55.4 Å². The molecule has 0 unspecified atom stereocenters. The number of likely N-dealkylation sites (N-methyl/N-ethyl adjacent to an activating group) is 1. The van der Waals surface area contributed by atoms with Gasteiger partial charge in [0.15, 0.2) is 0 Å². The third-order valence-electron chi connectivity index (χ3n) is 5.61. The van der Waals surface area contributed by atoms with Crippen LogP contribution < -0.4 is 10.0 Å². The highest BCUT2D eigenvalue weighted by Crippen LogP contribution is 2.17. The minimum Gasteiger partial charge on any atom is -0.322 e. The molecule has 3 aromatic rings. The standard InChI is InChI=1S/C24H28N4O3S2/c1-27-10-12-28(13-11-27)18-19-5-2-7-21(15-19)26-24(29)20-6-3-9-23(16-20)33(30,31)25-17-22-8-4-14-32-22/h2-9,14-16,25H,10-13,17-18H2,1H3,(H,26,29). The maximum Gasteiger partial charge on any atom is 0.255 e. The molecule has 1 fully saturated rings. The fraction of sp³-hybridized carbons (Fsp3) is 0.292. The molecular weight excluding hydrogens is 456 g/mol. The van der Waals surface area contributed by atoms with Crippen molar-refractivity contribution in [2.75, 3.05) is 38.5 Å². The van der Waals surface area contributed by atoms with Gasteiger partial charge in [0.1, 0.15) is 0 Å². The maximum absolute atomic E-state index is 12.8. The van der Waals surface area contributed by atoms with Crippen molar-refractivity contribution >= 4 is 33.0 Å². The molecule has 174 valence electrons. The second-order valence-corrected chi connectivity index (χ2v) is 11.0. The Morgan fingerprint density at radius 3 is 2.55 bits per heavy atom. The summed E-state index contributed by atoms with van der Waals surface area (Å²) < 4.78 is 27.9. The maximum atomic E-state index is 12.8. The molecule has 0 spiro atoms. The van der Waals surface area contributed by atoms with Crippen LogP contribution in [0.3, 0.4) is 0 Å². The van der Waals surface area contributed by atoms with Crippen LogP contribution >= 0.6 is 11.3 Å². The summed E-state index contributed by atoms with van der Waals surface area (Å²) >= 11 is 1.48. The van der Waals surface area contributed by atoms with E-state index in [-0.39, 0.29) is 17.3 Å². The molecule has 1 amide bonds. The molecule has 0 saturated carbocycles. The number of sulfonamides is 1. The van der Waals surface area contributed by atoms with Gasteiger partial charge in [0.25, 0.3) is 5.91 Å². The number of piperazine rings is 1. The molecule has 7 nitrogen and oxygen atoms in total. The Morgan fingerprint density at radius 1 is 1.00 bits per heavy atom. The van der Waals surface area contributed by atoms with Gasteiger partial charge in [-0.05, 0) is 54.4 Å². The van der Waals surface area contributed by atoms with E-state index in [4.69, 9.17) is 0 Å². The molecule has 2 heterocycles. The van der Waals surface area contributed by atoms with Gasteiger partial charge in [0.05, 0.1) is 4.90 Å². The number of thiophene rings is 1. The summed E-state index contributed by atoms with van der Waals surface area (Å²) in [6.07, 6.45) is 0. The fourth-order valence-electron chi connectivity index (χ4n) is 3.68. The monoisotopic (exact) mass is 484 g/mol. The average molecular weight is 485 g/mol. The molecule has 0 atom stereocenters. The molecule has 9 heteroatoms. The second kappa shape index (κ2) is 10.6. The van der Waals surface area contributed by atoms with Crippen LogP contribution in [0.15, 0.2) is 70.9 Å². The number of hydrogen-bond donors (Lipinski definition) is 2. The first-order chi connectivity index (χ1) is 15.9. The minimum absolute atomic E-state index is 0.0653. The van der Waals surface area contributed by atoms with Crippen molar-refractivity contribution < 1.29 is 13.2 Å². The SMILES string of the molecule is CN1CCN(Cc2cccc(NC(=O)c3cccc(S(=O)(=O)NCc4cccs4)c3)c2)CC1. The normalized spacial score (nSPS) is 15.4. The van der Waals surface area contributed by atoms with Crippen LogP contribution in [0.4, 0.5) is 5.69 Å². The van der Waals surface area contributed by atoms with Gasteiger partial charge in [0.2, 0.25) is 10.0 Å². The number of carbonyl (C=O) groups excluding carboxylic acids is 1. The van der Waals surface area contributed by atoms with Crippen molar-refractivity contribution in [3.05, 3.63) is 82.0 Å². The predicted octanol–water partition coefficient (Wildman–Crippen LogP) is 3.23. The molecule has 0 aliphatic carbocycles. The van der Waals surface area contributed by atoms with Gasteiger partial charge in [-0.1, -0.05) is 24.3 Å². The number of anilines is 1. The first-order valence-electron chi connectivity index (χ1n) is 10.8. The number of nitrogens with one attached hydrogen (secondary N) is 2. The highest BCUT2D eigenvalue weighted by atomic mass is 32.2. The Balaban J connectivity index is 1.40. The zero-order chi connectivity index (χ0) is 23.3. The molecule has 0 radical (unpaired) electrons. The van der Waals surface area contributed by atoms with E-state index in [0.717, 1.165) is 43.2 Å². The summed E-state index contributed by atoms with van der Waals surface area (Å²) in [5.74, 6) is -0.345. The van der Waals surface area contributed by atoms with Crippen LogP contribution in [0.5, 0.6) is 0 Å². The number of benzene rings is 2. The lowest BCUT2D eigenvalue weighted by Gasteiger charge is -2.32. The van der Waals surface area contributed by atoms with Crippen molar-refractivity contribution in [1.29, 1.82) is 0 Å². The van der Waals surface area contributed by atoms with Crippen molar-refractivity contribution in [1.82, 2.24) is 14.5 Å². The Bertz CT molecular complexity index is 1190. The molecule has 1 saturated heterocycles. The van der Waals surface area contributed by atoms with Crippen LogP contribution in [0.1, 0.15) is 20.8 Å². The van der Waals surface area contributed by atoms with E-state index >= 15 is 0 Å². The molecule has 1 aliphatic rings. The lowest BCUT2D eigenvalue weighted by atomic mass is 10.1. The van der Waals surface area contributed by atoms with Crippen molar-refractivity contribution in [3.8, 4) is 0 Å². The number of nitrogens with zero attached hydrogens (tertiary/aromatic N) is 2. The van der Waals surface area contributed by atoms with Gasteiger partial charge < -0.3 is 10.2 Å². The topological polar surface area (TPSA) is 81.8 Å². The minimum atomic E-state index is -3.72. The smallest absolute Gasteiger partial charge is 0.255 e. The van der Waals surface area contributed by atoms with Crippen molar-refractivity contribution in [2.24, 2.45) is 0 Å². The van der Waals surface area contributed by atoms with Gasteiger partial charge >= 0.3 is 0 Å². The molecule has 2 N–H and O–H groups in total. The molecule has 33 heavy (non-hydrogen) atoms. The third-order valence-corrected chi connectivity index (χ3v) is 7.89. The second-order valence-electron chi connectivity index (χ2n) is 8.17. The Morgan fingerprint density at radius 2 is 1.79 bits per heavy atom. The highest BCUT2D eigenvalue weighted by molar-refractivity contribution is 7.89. The largest absolute Gasteiger partial charge is 0.322 e. The van der Waals surface area contributed by atoms with Gasteiger partial charge in [-0.25, -0.2) is 13.1 Å². The van der Waals surface area contributed by atoms with E-state index in [2.05, 4.69) is 33.0 Å². The zero-order valence-electron chi connectivity index (χ0n) is 18.5. The zero-order valence-corrected chi connectivity index (χ0v) is 20.2. The molecular formula is C24H28N4O3S2. The van der Waals surface area contributed by atoms with E-state index in [1.54, 1.807) is 12.1 Å².